The van der Waals surface area contributed by atoms with Crippen LogP contribution in [0.15, 0.2) is 46.9 Å². The van der Waals surface area contributed by atoms with E-state index < -0.39 is 5.41 Å². The molecule has 0 unspecified atom stereocenters. The van der Waals surface area contributed by atoms with E-state index in [4.69, 9.17) is 0 Å². The van der Waals surface area contributed by atoms with Gasteiger partial charge in [0.25, 0.3) is 0 Å². The lowest BCUT2D eigenvalue weighted by atomic mass is 9.90. The highest BCUT2D eigenvalue weighted by Crippen LogP contribution is 2.24. The number of halogens is 1. The van der Waals surface area contributed by atoms with Gasteiger partial charge >= 0.3 is 0 Å². The minimum absolute atomic E-state index is 0.345. The minimum Gasteiger partial charge on any atom is -0.325 e. The standard InChI is InChI=1S/C19H21BrN2O2/c1-12-8-9-16(13(2)10-12)22-18(24)19(3,4)17(23)21-15-7-5-6-14(20)11-15/h5-11H,1-4H3,(H,21,23)(H,22,24). The van der Waals surface area contributed by atoms with Crippen molar-refractivity contribution in [1.82, 2.24) is 0 Å². The fraction of sp³-hybridized carbons (Fsp3) is 0.263. The maximum Gasteiger partial charge on any atom is 0.239 e. The van der Waals surface area contributed by atoms with Crippen molar-refractivity contribution in [2.75, 3.05) is 10.6 Å². The van der Waals surface area contributed by atoms with Crippen LogP contribution in [0.2, 0.25) is 0 Å². The third-order valence-electron chi connectivity index (χ3n) is 3.85. The highest BCUT2D eigenvalue weighted by atomic mass is 79.9. The van der Waals surface area contributed by atoms with Gasteiger partial charge in [-0.25, -0.2) is 0 Å². The number of anilines is 2. The van der Waals surface area contributed by atoms with Crippen molar-refractivity contribution in [1.29, 1.82) is 0 Å². The number of rotatable bonds is 4. The molecular formula is C19H21BrN2O2. The Morgan fingerprint density at radius 1 is 0.958 bits per heavy atom. The lowest BCUT2D eigenvalue weighted by molar-refractivity contribution is -0.135. The zero-order valence-electron chi connectivity index (χ0n) is 14.2. The van der Waals surface area contributed by atoms with E-state index in [0.717, 1.165) is 15.6 Å². The van der Waals surface area contributed by atoms with Crippen LogP contribution in [0.1, 0.15) is 25.0 Å². The fourth-order valence-electron chi connectivity index (χ4n) is 2.19. The van der Waals surface area contributed by atoms with Gasteiger partial charge < -0.3 is 10.6 Å². The second kappa shape index (κ2) is 7.18. The number of aryl methyl sites for hydroxylation is 2. The van der Waals surface area contributed by atoms with Gasteiger partial charge in [-0.05, 0) is 57.5 Å². The molecule has 2 N–H and O–H groups in total. The first kappa shape index (κ1) is 18.2. The number of carbonyl (C=O) groups excluding carboxylic acids is 2. The molecule has 0 aliphatic carbocycles. The lowest BCUT2D eigenvalue weighted by Gasteiger charge is -2.23. The van der Waals surface area contributed by atoms with Gasteiger partial charge in [-0.2, -0.15) is 0 Å². The Morgan fingerprint density at radius 3 is 2.25 bits per heavy atom. The van der Waals surface area contributed by atoms with Crippen LogP contribution >= 0.6 is 15.9 Å². The van der Waals surface area contributed by atoms with E-state index in [1.807, 2.05) is 44.2 Å². The largest absolute Gasteiger partial charge is 0.325 e. The zero-order valence-corrected chi connectivity index (χ0v) is 15.8. The molecule has 5 heteroatoms. The zero-order chi connectivity index (χ0) is 17.9. The average Bonchev–Trinajstić information content (AvgIpc) is 2.49. The maximum atomic E-state index is 12.6. The smallest absolute Gasteiger partial charge is 0.239 e. The number of carbonyl (C=O) groups is 2. The summed E-state index contributed by atoms with van der Waals surface area (Å²) in [5.74, 6) is -0.704. The number of amides is 2. The average molecular weight is 389 g/mol. The first-order valence-corrected chi connectivity index (χ1v) is 8.45. The molecule has 0 aliphatic rings. The van der Waals surface area contributed by atoms with Crippen LogP contribution in [0.3, 0.4) is 0 Å². The van der Waals surface area contributed by atoms with Crippen molar-refractivity contribution in [3.63, 3.8) is 0 Å². The first-order valence-electron chi connectivity index (χ1n) is 7.66. The number of nitrogens with one attached hydrogen (secondary N) is 2. The van der Waals surface area contributed by atoms with Crippen LogP contribution in [-0.4, -0.2) is 11.8 Å². The van der Waals surface area contributed by atoms with Crippen molar-refractivity contribution in [2.24, 2.45) is 5.41 Å². The van der Waals surface area contributed by atoms with E-state index in [2.05, 4.69) is 26.6 Å². The molecule has 0 aliphatic heterocycles. The second-order valence-corrected chi connectivity index (χ2v) is 7.28. The molecule has 0 saturated heterocycles. The maximum absolute atomic E-state index is 12.6. The molecule has 0 bridgehead atoms. The molecule has 0 heterocycles. The number of hydrogen-bond acceptors (Lipinski definition) is 2. The highest BCUT2D eigenvalue weighted by Gasteiger charge is 2.36. The Hall–Kier alpha value is -2.14. The molecule has 24 heavy (non-hydrogen) atoms. The SMILES string of the molecule is Cc1ccc(NC(=O)C(C)(C)C(=O)Nc2cccc(Br)c2)c(C)c1. The van der Waals surface area contributed by atoms with Gasteiger partial charge in [0.1, 0.15) is 5.41 Å². The molecule has 126 valence electrons. The molecule has 0 spiro atoms. The Kier molecular flexibility index (Phi) is 5.44. The minimum atomic E-state index is -1.21. The molecule has 2 aromatic carbocycles. The molecule has 0 atom stereocenters. The number of benzene rings is 2. The molecular weight excluding hydrogens is 368 g/mol. The fourth-order valence-corrected chi connectivity index (χ4v) is 2.59. The summed E-state index contributed by atoms with van der Waals surface area (Å²) in [6.07, 6.45) is 0. The molecule has 2 amide bonds. The van der Waals surface area contributed by atoms with E-state index in [9.17, 15) is 9.59 Å². The Balaban J connectivity index is 2.12. The molecule has 0 aromatic heterocycles. The molecule has 0 saturated carbocycles. The first-order chi connectivity index (χ1) is 11.2. The summed E-state index contributed by atoms with van der Waals surface area (Å²) in [5, 5.41) is 5.63. The predicted molar refractivity (Wildman–Crippen MR) is 101 cm³/mol. The van der Waals surface area contributed by atoms with Gasteiger partial charge in [-0.1, -0.05) is 39.7 Å². The predicted octanol–water partition coefficient (Wildman–Crippen LogP) is 4.67. The summed E-state index contributed by atoms with van der Waals surface area (Å²) in [6, 6.07) is 13.0. The summed E-state index contributed by atoms with van der Waals surface area (Å²) < 4.78 is 0.859. The Labute approximate surface area is 150 Å². The van der Waals surface area contributed by atoms with Gasteiger partial charge in [-0.3, -0.25) is 9.59 Å². The molecule has 2 rings (SSSR count). The van der Waals surface area contributed by atoms with E-state index in [1.54, 1.807) is 26.0 Å². The third kappa shape index (κ3) is 4.23. The monoisotopic (exact) mass is 388 g/mol. The summed E-state index contributed by atoms with van der Waals surface area (Å²) in [6.45, 7) is 7.14. The summed E-state index contributed by atoms with van der Waals surface area (Å²) in [4.78, 5) is 25.1. The quantitative estimate of drug-likeness (QED) is 0.747. The van der Waals surface area contributed by atoms with Gasteiger partial charge in [-0.15, -0.1) is 0 Å². The molecule has 0 fully saturated rings. The van der Waals surface area contributed by atoms with Crippen LogP contribution in [0.4, 0.5) is 11.4 Å². The van der Waals surface area contributed by atoms with Crippen LogP contribution in [0, 0.1) is 19.3 Å². The van der Waals surface area contributed by atoms with E-state index in [-0.39, 0.29) is 11.8 Å². The van der Waals surface area contributed by atoms with Crippen LogP contribution in [0.5, 0.6) is 0 Å². The van der Waals surface area contributed by atoms with Crippen molar-refractivity contribution >= 4 is 39.1 Å². The third-order valence-corrected chi connectivity index (χ3v) is 4.34. The normalized spacial score (nSPS) is 11.0. The van der Waals surface area contributed by atoms with Gasteiger partial charge in [0.05, 0.1) is 0 Å². The molecule has 4 nitrogen and oxygen atoms in total. The summed E-state index contributed by atoms with van der Waals surface area (Å²) >= 11 is 3.36. The van der Waals surface area contributed by atoms with Crippen LogP contribution < -0.4 is 10.6 Å². The Morgan fingerprint density at radius 2 is 1.62 bits per heavy atom. The van der Waals surface area contributed by atoms with Gasteiger partial charge in [0.15, 0.2) is 0 Å². The van der Waals surface area contributed by atoms with E-state index in [1.165, 1.54) is 0 Å². The van der Waals surface area contributed by atoms with E-state index >= 15 is 0 Å². The summed E-state index contributed by atoms with van der Waals surface area (Å²) in [7, 11) is 0. The van der Waals surface area contributed by atoms with E-state index in [0.29, 0.717) is 11.4 Å². The summed E-state index contributed by atoms with van der Waals surface area (Å²) in [5.41, 5.74) is 2.24. The second-order valence-electron chi connectivity index (χ2n) is 6.36. The highest BCUT2D eigenvalue weighted by molar-refractivity contribution is 9.10. The Bertz CT molecular complexity index is 785. The van der Waals surface area contributed by atoms with Crippen LogP contribution in [0.25, 0.3) is 0 Å². The van der Waals surface area contributed by atoms with Crippen molar-refractivity contribution < 1.29 is 9.59 Å². The van der Waals surface area contributed by atoms with Crippen molar-refractivity contribution in [3.05, 3.63) is 58.1 Å². The van der Waals surface area contributed by atoms with Crippen LogP contribution in [-0.2, 0) is 9.59 Å². The van der Waals surface area contributed by atoms with Gasteiger partial charge in [0.2, 0.25) is 11.8 Å². The number of hydrogen-bond donors (Lipinski definition) is 2. The molecule has 0 radical (unpaired) electrons. The topological polar surface area (TPSA) is 58.2 Å². The molecule has 2 aromatic rings. The lowest BCUT2D eigenvalue weighted by Crippen LogP contribution is -2.41. The van der Waals surface area contributed by atoms with Gasteiger partial charge in [0, 0.05) is 15.8 Å². The van der Waals surface area contributed by atoms with Crippen molar-refractivity contribution in [2.45, 2.75) is 27.7 Å². The van der Waals surface area contributed by atoms with Crippen molar-refractivity contribution in [3.8, 4) is 0 Å².